The number of nitrogens with zero attached hydrogens (tertiary/aromatic N) is 3. The highest BCUT2D eigenvalue weighted by Crippen LogP contribution is 2.51. The summed E-state index contributed by atoms with van der Waals surface area (Å²) < 4.78 is -0.610. The second-order valence-corrected chi connectivity index (χ2v) is 9.74. The van der Waals surface area contributed by atoms with Crippen LogP contribution in [0.4, 0.5) is 5.82 Å². The van der Waals surface area contributed by atoms with Crippen molar-refractivity contribution in [2.45, 2.75) is 41.2 Å². The fraction of sp³-hybridized carbons (Fsp3) is 0.368. The third kappa shape index (κ3) is 3.12. The molecular weight excluding hydrogens is 396 g/mol. The third-order valence-electron chi connectivity index (χ3n) is 4.93. The minimum Gasteiger partial charge on any atom is -0.548 e. The number of β-lactam (4-membered cyclic amide) rings is 1. The Hall–Kier alpha value is -2.26. The van der Waals surface area contributed by atoms with Gasteiger partial charge in [0.2, 0.25) is 5.91 Å². The fourth-order valence-electron chi connectivity index (χ4n) is 3.63. The van der Waals surface area contributed by atoms with E-state index in [0.29, 0.717) is 11.0 Å². The molecule has 7 nitrogen and oxygen atoms in total. The molecule has 2 aliphatic heterocycles. The number of rotatable bonds is 5. The van der Waals surface area contributed by atoms with Crippen molar-refractivity contribution in [3.8, 4) is 11.3 Å². The number of carboxylic acid groups (broad SMARTS) is 1. The topological polar surface area (TPSA) is 98.2 Å². The Morgan fingerprint density at radius 3 is 2.64 bits per heavy atom. The molecule has 3 atom stereocenters. The molecule has 0 saturated carbocycles. The summed E-state index contributed by atoms with van der Waals surface area (Å²) in [7, 11) is 0. The molecule has 0 radical (unpaired) electrons. The maximum absolute atomic E-state index is 12.7. The van der Waals surface area contributed by atoms with Crippen LogP contribution < -0.4 is 10.4 Å². The number of thioether (sulfide) groups is 2. The monoisotopic (exact) mass is 415 g/mol. The van der Waals surface area contributed by atoms with E-state index in [9.17, 15) is 14.7 Å². The van der Waals surface area contributed by atoms with Gasteiger partial charge in [-0.2, -0.15) is 0 Å². The van der Waals surface area contributed by atoms with Crippen molar-refractivity contribution < 1.29 is 14.7 Å². The van der Waals surface area contributed by atoms with Crippen molar-refractivity contribution in [2.75, 3.05) is 11.6 Å². The first-order chi connectivity index (χ1) is 13.3. The van der Waals surface area contributed by atoms with Gasteiger partial charge in [-0.3, -0.25) is 4.79 Å². The number of carboxylic acids is 1. The van der Waals surface area contributed by atoms with E-state index in [1.165, 1.54) is 28.4 Å². The molecule has 28 heavy (non-hydrogen) atoms. The zero-order valence-electron chi connectivity index (χ0n) is 15.6. The van der Waals surface area contributed by atoms with Crippen LogP contribution in [0.2, 0.25) is 0 Å². The minimum absolute atomic E-state index is 0.247. The highest BCUT2D eigenvalue weighted by molar-refractivity contribution is 8.01. The van der Waals surface area contributed by atoms with Crippen LogP contribution >= 0.6 is 23.5 Å². The number of nitrogens with one attached hydrogen (secondary N) is 1. The predicted octanol–water partition coefficient (Wildman–Crippen LogP) is 1.46. The largest absolute Gasteiger partial charge is 0.548 e. The molecule has 9 heteroatoms. The highest BCUT2D eigenvalue weighted by atomic mass is 32.2. The number of carbonyl (C=O) groups excluding carboxylic acids is 2. The van der Waals surface area contributed by atoms with Crippen LogP contribution in [0.1, 0.15) is 13.8 Å². The van der Waals surface area contributed by atoms with Gasteiger partial charge >= 0.3 is 0 Å². The lowest BCUT2D eigenvalue weighted by atomic mass is 9.96. The molecule has 0 unspecified atom stereocenters. The summed E-state index contributed by atoms with van der Waals surface area (Å²) in [6, 6.07) is 10.1. The molecule has 3 heterocycles. The van der Waals surface area contributed by atoms with Crippen LogP contribution in [-0.2, 0) is 9.59 Å². The SMILES string of the molecule is CSc1nc(N[C@@H]2C(=O)N3[C@H]2SC(C)(C)[C@H]3C(=O)[O-])cc(-c2ccccc2)n1. The molecule has 1 N–H and O–H groups in total. The second-order valence-electron chi connectivity index (χ2n) is 7.19. The van der Waals surface area contributed by atoms with Gasteiger partial charge in [-0.1, -0.05) is 42.1 Å². The number of carbonyl (C=O) groups is 2. The standard InChI is InChI=1S/C19H20N4O3S2/c1-19(2)14(17(25)26)23-15(24)13(16(23)28-19)21-12-9-11(20-18(22-12)27-3)10-7-5-4-6-8-10/h4-9,13-14,16H,1-3H3,(H,25,26)(H,20,21,22)/p-1/t13-,14-,16+/m1/s1. The molecule has 4 rings (SSSR count). The predicted molar refractivity (Wildman–Crippen MR) is 108 cm³/mol. The number of aliphatic carboxylic acids is 1. The first-order valence-corrected chi connectivity index (χ1v) is 10.9. The minimum atomic E-state index is -1.22. The summed E-state index contributed by atoms with van der Waals surface area (Å²) in [5.41, 5.74) is 1.72. The summed E-state index contributed by atoms with van der Waals surface area (Å²) in [5, 5.41) is 15.1. The number of hydrogen-bond acceptors (Lipinski definition) is 8. The molecule has 2 aliphatic rings. The molecule has 2 aromatic rings. The Morgan fingerprint density at radius 2 is 2.00 bits per heavy atom. The summed E-state index contributed by atoms with van der Waals surface area (Å²) in [6.45, 7) is 3.65. The lowest BCUT2D eigenvalue weighted by Crippen LogP contribution is -2.69. The van der Waals surface area contributed by atoms with Crippen molar-refractivity contribution in [3.05, 3.63) is 36.4 Å². The molecular formula is C19H19N4O3S2-. The lowest BCUT2D eigenvalue weighted by Gasteiger charge is -2.45. The van der Waals surface area contributed by atoms with Crippen molar-refractivity contribution >= 4 is 41.2 Å². The number of benzene rings is 1. The zero-order valence-corrected chi connectivity index (χ0v) is 17.2. The molecule has 0 bridgehead atoms. The van der Waals surface area contributed by atoms with Crippen LogP contribution in [0.3, 0.4) is 0 Å². The summed E-state index contributed by atoms with van der Waals surface area (Å²) in [5.74, 6) is -0.917. The van der Waals surface area contributed by atoms with E-state index in [-0.39, 0.29) is 11.3 Å². The van der Waals surface area contributed by atoms with Crippen LogP contribution in [0.5, 0.6) is 0 Å². The van der Waals surface area contributed by atoms with Gasteiger partial charge in [0.15, 0.2) is 5.16 Å². The average Bonchev–Trinajstić information content (AvgIpc) is 2.94. The maximum Gasteiger partial charge on any atom is 0.249 e. The first-order valence-electron chi connectivity index (χ1n) is 8.78. The van der Waals surface area contributed by atoms with Crippen molar-refractivity contribution in [2.24, 2.45) is 0 Å². The average molecular weight is 416 g/mol. The number of fused-ring (bicyclic) bond motifs is 1. The van der Waals surface area contributed by atoms with E-state index in [1.807, 2.05) is 56.5 Å². The zero-order chi connectivity index (χ0) is 20.1. The fourth-order valence-corrected chi connectivity index (χ4v) is 5.63. The summed E-state index contributed by atoms with van der Waals surface area (Å²) in [4.78, 5) is 34.6. The molecule has 2 saturated heterocycles. The lowest BCUT2D eigenvalue weighted by molar-refractivity contribution is -0.312. The normalized spacial score (nSPS) is 25.2. The van der Waals surface area contributed by atoms with Gasteiger partial charge in [-0.05, 0) is 20.1 Å². The van der Waals surface area contributed by atoms with E-state index in [0.717, 1.165) is 11.3 Å². The van der Waals surface area contributed by atoms with Crippen molar-refractivity contribution in [1.82, 2.24) is 14.9 Å². The quantitative estimate of drug-likeness (QED) is 0.445. The van der Waals surface area contributed by atoms with Gasteiger partial charge in [-0.15, -0.1) is 11.8 Å². The second kappa shape index (κ2) is 6.97. The van der Waals surface area contributed by atoms with Gasteiger partial charge in [-0.25, -0.2) is 9.97 Å². The molecule has 1 aromatic carbocycles. The van der Waals surface area contributed by atoms with E-state index in [2.05, 4.69) is 15.3 Å². The van der Waals surface area contributed by atoms with Crippen LogP contribution in [-0.4, -0.2) is 55.2 Å². The van der Waals surface area contributed by atoms with E-state index in [1.54, 1.807) is 0 Å². The smallest absolute Gasteiger partial charge is 0.249 e. The number of amides is 1. The van der Waals surface area contributed by atoms with Crippen LogP contribution in [0.25, 0.3) is 11.3 Å². The van der Waals surface area contributed by atoms with Gasteiger partial charge in [0.05, 0.1) is 17.7 Å². The summed E-state index contributed by atoms with van der Waals surface area (Å²) >= 11 is 2.89. The third-order valence-corrected chi connectivity index (χ3v) is 7.04. The van der Waals surface area contributed by atoms with Gasteiger partial charge in [0.25, 0.3) is 0 Å². The maximum atomic E-state index is 12.7. The van der Waals surface area contributed by atoms with E-state index in [4.69, 9.17) is 0 Å². The Labute approximate surface area is 171 Å². The number of aromatic nitrogens is 2. The van der Waals surface area contributed by atoms with Gasteiger partial charge in [0, 0.05) is 16.4 Å². The van der Waals surface area contributed by atoms with Crippen LogP contribution in [0, 0.1) is 0 Å². The molecule has 1 amide bonds. The Balaban J connectivity index is 1.61. The number of anilines is 1. The van der Waals surface area contributed by atoms with Gasteiger partial charge < -0.3 is 20.1 Å². The summed E-state index contributed by atoms with van der Waals surface area (Å²) in [6.07, 6.45) is 1.89. The van der Waals surface area contributed by atoms with E-state index >= 15 is 0 Å². The van der Waals surface area contributed by atoms with Gasteiger partial charge in [0.1, 0.15) is 17.2 Å². The van der Waals surface area contributed by atoms with Crippen molar-refractivity contribution in [3.63, 3.8) is 0 Å². The Morgan fingerprint density at radius 1 is 1.29 bits per heavy atom. The Bertz CT molecular complexity index is 938. The van der Waals surface area contributed by atoms with Crippen LogP contribution in [0.15, 0.2) is 41.6 Å². The molecule has 0 aliphatic carbocycles. The van der Waals surface area contributed by atoms with Crippen molar-refractivity contribution in [1.29, 1.82) is 0 Å². The molecule has 2 fully saturated rings. The molecule has 0 spiro atoms. The highest BCUT2D eigenvalue weighted by Gasteiger charge is 2.61. The number of hydrogen-bond donors (Lipinski definition) is 1. The molecule has 1 aromatic heterocycles. The van der Waals surface area contributed by atoms with E-state index < -0.39 is 22.8 Å². The Kier molecular flexibility index (Phi) is 4.75. The molecule has 146 valence electrons. The first kappa shape index (κ1) is 19.1.